The number of rotatable bonds is 29. The summed E-state index contributed by atoms with van der Waals surface area (Å²) in [5, 5.41) is 5.52. The van der Waals surface area contributed by atoms with E-state index in [1.54, 1.807) is 66.7 Å². The third-order valence-corrected chi connectivity index (χ3v) is 13.1. The second-order valence-electron chi connectivity index (χ2n) is 16.8. The van der Waals surface area contributed by atoms with E-state index >= 15 is 0 Å². The van der Waals surface area contributed by atoms with Gasteiger partial charge in [-0.25, -0.2) is 13.1 Å². The Morgan fingerprint density at radius 1 is 0.562 bits per heavy atom. The summed E-state index contributed by atoms with van der Waals surface area (Å²) in [5.74, 6) is 4.67. The molecule has 0 spiro atoms. The summed E-state index contributed by atoms with van der Waals surface area (Å²) in [6.07, 6.45) is 20.7. The molecule has 3 amide bonds. The first kappa shape index (κ1) is 56.9. The van der Waals surface area contributed by atoms with E-state index in [2.05, 4.69) is 55.9 Å². The Balaban J connectivity index is 0.000000309. The van der Waals surface area contributed by atoms with Crippen molar-refractivity contribution in [1.29, 1.82) is 0 Å². The van der Waals surface area contributed by atoms with E-state index in [9.17, 15) is 22.8 Å². The minimum Gasteiger partial charge on any atom is -0.489 e. The summed E-state index contributed by atoms with van der Waals surface area (Å²) < 4.78 is 44.6. The van der Waals surface area contributed by atoms with Crippen LogP contribution < -0.4 is 30.7 Å². The van der Waals surface area contributed by atoms with Crippen LogP contribution in [-0.4, -0.2) is 26.1 Å². The fourth-order valence-corrected chi connectivity index (χ4v) is 8.81. The molecule has 0 unspecified atom stereocenters. The van der Waals surface area contributed by atoms with Crippen LogP contribution in [0, 0.1) is 0 Å². The summed E-state index contributed by atoms with van der Waals surface area (Å²) in [6.45, 7) is 3.00. The molecule has 0 aliphatic heterocycles. The number of ether oxygens (including phenoxy) is 2. The first-order chi connectivity index (χ1) is 35.6. The second-order valence-corrected chi connectivity index (χ2v) is 19.2. The van der Waals surface area contributed by atoms with Gasteiger partial charge in [0.05, 0.1) is 28.3 Å². The van der Waals surface area contributed by atoms with Crippen molar-refractivity contribution in [2.45, 2.75) is 107 Å². The van der Waals surface area contributed by atoms with E-state index in [-0.39, 0.29) is 22.9 Å². The lowest BCUT2D eigenvalue weighted by Gasteiger charge is -2.13. The number of hydrogen-bond acceptors (Lipinski definition) is 11. The average Bonchev–Trinajstić information content (AvgIpc) is 3.41. The predicted octanol–water partition coefficient (Wildman–Crippen LogP) is 13.5. The molecule has 0 bridgehead atoms. The molecule has 0 aromatic heterocycles. The van der Waals surface area contributed by atoms with Crippen LogP contribution in [0.4, 0.5) is 11.4 Å². The van der Waals surface area contributed by atoms with Crippen molar-refractivity contribution < 1.29 is 41.6 Å². The van der Waals surface area contributed by atoms with Crippen LogP contribution in [-0.2, 0) is 37.4 Å². The van der Waals surface area contributed by atoms with Crippen LogP contribution >= 0.6 is 12.0 Å². The number of unbranched alkanes of at least 4 members (excludes halogenated alkanes) is 8. The molecule has 0 radical (unpaired) electrons. The molecule has 0 aliphatic rings. The summed E-state index contributed by atoms with van der Waals surface area (Å²) in [4.78, 5) is 42.8. The maximum absolute atomic E-state index is 13.1. The fourth-order valence-electron chi connectivity index (χ4n) is 7.18. The number of carbonyl (C=O) groups excluding carboxylic acids is 3. The molecule has 5 N–H and O–H groups in total. The Morgan fingerprint density at radius 2 is 1.07 bits per heavy atom. The number of nitrogens with one attached hydrogen (secondary N) is 3. The highest BCUT2D eigenvalue weighted by atomic mass is 32.2. The zero-order chi connectivity index (χ0) is 51.8. The Kier molecular flexibility index (Phi) is 25.6. The molecule has 13 nitrogen and oxygen atoms in total. The van der Waals surface area contributed by atoms with Crippen molar-refractivity contribution in [3.8, 4) is 11.5 Å². The highest BCUT2D eigenvalue weighted by Crippen LogP contribution is 2.29. The number of allylic oxidation sites excluding steroid dienone is 4. The van der Waals surface area contributed by atoms with Crippen LogP contribution in [0.1, 0.15) is 116 Å². The first-order valence-electron chi connectivity index (χ1n) is 24.5. The quantitative estimate of drug-likeness (QED) is 0.0115. The minimum absolute atomic E-state index is 0.0838. The van der Waals surface area contributed by atoms with E-state index in [0.29, 0.717) is 52.8 Å². The molecule has 15 heteroatoms. The highest BCUT2D eigenvalue weighted by molar-refractivity contribution is 7.94. The number of benzene rings is 6. The van der Waals surface area contributed by atoms with Gasteiger partial charge in [-0.05, 0) is 110 Å². The normalized spacial score (nSPS) is 11.2. The molecule has 0 fully saturated rings. The van der Waals surface area contributed by atoms with E-state index in [0.717, 1.165) is 61.7 Å². The van der Waals surface area contributed by atoms with Crippen LogP contribution in [0.25, 0.3) is 0 Å². The first-order valence-corrected chi connectivity index (χ1v) is 26.8. The van der Waals surface area contributed by atoms with E-state index in [4.69, 9.17) is 15.4 Å². The van der Waals surface area contributed by atoms with E-state index in [1.807, 2.05) is 78.9 Å². The third kappa shape index (κ3) is 21.7. The molecule has 0 atom stereocenters. The molecule has 384 valence electrons. The molecule has 0 aliphatic carbocycles. The maximum Gasteiger partial charge on any atom is 0.266 e. The van der Waals surface area contributed by atoms with Gasteiger partial charge in [-0.2, -0.15) is 5.90 Å². The average molecular weight is 1030 g/mol. The number of hydrogen-bond donors (Lipinski definition) is 4. The van der Waals surface area contributed by atoms with Gasteiger partial charge >= 0.3 is 0 Å². The molecular weight excluding hydrogens is 961 g/mol. The number of amides is 3. The van der Waals surface area contributed by atoms with Crippen molar-refractivity contribution >= 4 is 51.2 Å². The number of sulfonamides is 1. The SMILES string of the molecule is CCCCC/C=C\C/C=C\CCCCCCCC(=O)NS(=O)(=O)c1ccccc1NC(=O)c1cccc(OCc2ccccc2)c1.NOOSc1ccccc1NC(=O)c1cccc(OCc2ccccc2)c1. The van der Waals surface area contributed by atoms with Crippen LogP contribution in [0.5, 0.6) is 11.5 Å². The number of nitrogens with two attached hydrogens (primary N) is 1. The lowest BCUT2D eigenvalue weighted by atomic mass is 10.1. The molecule has 0 saturated carbocycles. The fraction of sp³-hybridized carbons (Fsp3) is 0.259. The molecule has 73 heavy (non-hydrogen) atoms. The van der Waals surface area contributed by atoms with E-state index < -0.39 is 21.8 Å². The number of anilines is 2. The molecular formula is C58H66N4O9S2. The van der Waals surface area contributed by atoms with Gasteiger partial charge in [-0.1, -0.05) is 160 Å². The zero-order valence-electron chi connectivity index (χ0n) is 41.3. The van der Waals surface area contributed by atoms with Gasteiger partial charge in [0, 0.05) is 17.5 Å². The van der Waals surface area contributed by atoms with Crippen molar-refractivity contribution in [2.75, 3.05) is 10.6 Å². The summed E-state index contributed by atoms with van der Waals surface area (Å²) >= 11 is 0.906. The Hall–Kier alpha value is -7.01. The van der Waals surface area contributed by atoms with Crippen molar-refractivity contribution in [2.24, 2.45) is 5.90 Å². The second kappa shape index (κ2) is 32.9. The lowest BCUT2D eigenvalue weighted by molar-refractivity contribution is -0.195. The van der Waals surface area contributed by atoms with Crippen LogP contribution in [0.15, 0.2) is 192 Å². The largest absolute Gasteiger partial charge is 0.489 e. The molecule has 6 aromatic carbocycles. The van der Waals surface area contributed by atoms with Gasteiger partial charge in [-0.15, -0.1) is 9.32 Å². The standard InChI is InChI=1S/C38H48N2O5S.C20H18N2O4S/c1-2-3-4-5-6-7-8-9-10-11-12-13-14-15-19-29-37(41)40-46(43,44)36-28-21-20-27-35(36)39-38(42)33-25-22-26-34(30-33)45-31-32-23-17-16-18-24-32;21-25-26-27-19-12-5-4-11-18(19)22-20(23)16-9-6-10-17(13-16)24-14-15-7-2-1-3-8-15/h6-7,9-10,16-18,20-28,30H,2-5,8,11-15,19,29,31H2,1H3,(H,39,42)(H,40,41);1-13H,14,21H2,(H,22,23)/b7-6-,10-9-;. The monoisotopic (exact) mass is 1030 g/mol. The van der Waals surface area contributed by atoms with Gasteiger partial charge < -0.3 is 20.1 Å². The van der Waals surface area contributed by atoms with Gasteiger partial charge in [0.25, 0.3) is 21.8 Å². The molecule has 0 saturated heterocycles. The lowest BCUT2D eigenvalue weighted by Crippen LogP contribution is -2.31. The van der Waals surface area contributed by atoms with Crippen LogP contribution in [0.2, 0.25) is 0 Å². The summed E-state index contributed by atoms with van der Waals surface area (Å²) in [5.41, 5.74) is 3.51. The summed E-state index contributed by atoms with van der Waals surface area (Å²) in [7, 11) is -4.19. The van der Waals surface area contributed by atoms with E-state index in [1.165, 1.54) is 37.8 Å². The van der Waals surface area contributed by atoms with Crippen molar-refractivity contribution in [1.82, 2.24) is 4.72 Å². The molecule has 6 rings (SSSR count). The number of carbonyl (C=O) groups is 3. The van der Waals surface area contributed by atoms with Gasteiger partial charge in [-0.3, -0.25) is 14.4 Å². The Labute approximate surface area is 434 Å². The highest BCUT2D eigenvalue weighted by Gasteiger charge is 2.22. The van der Waals surface area contributed by atoms with Crippen molar-refractivity contribution in [3.05, 3.63) is 204 Å². The van der Waals surface area contributed by atoms with Crippen LogP contribution in [0.3, 0.4) is 0 Å². The van der Waals surface area contributed by atoms with Gasteiger partial charge in [0.2, 0.25) is 5.91 Å². The topological polar surface area (TPSA) is 184 Å². The third-order valence-electron chi connectivity index (χ3n) is 11.0. The van der Waals surface area contributed by atoms with Crippen molar-refractivity contribution in [3.63, 3.8) is 0 Å². The van der Waals surface area contributed by atoms with Gasteiger partial charge in [0.15, 0.2) is 0 Å². The predicted molar refractivity (Wildman–Crippen MR) is 290 cm³/mol. The number of para-hydroxylation sites is 2. The Morgan fingerprint density at radius 3 is 1.66 bits per heavy atom. The molecule has 0 heterocycles. The minimum atomic E-state index is -4.19. The molecule has 6 aromatic rings. The van der Waals surface area contributed by atoms with Gasteiger partial charge in [0.1, 0.15) is 29.6 Å². The maximum atomic E-state index is 13.1. The Bertz CT molecular complexity index is 2770. The summed E-state index contributed by atoms with van der Waals surface area (Å²) in [6, 6.07) is 46.4. The smallest absolute Gasteiger partial charge is 0.266 e. The zero-order valence-corrected chi connectivity index (χ0v) is 42.9.